The number of nitrogens with zero attached hydrogens (tertiary/aromatic N) is 2. The smallest absolute Gasteiger partial charge is 0.307 e. The Morgan fingerprint density at radius 3 is 3.00 bits per heavy atom. The molecule has 1 saturated heterocycles. The Balaban J connectivity index is 1.78. The van der Waals surface area contributed by atoms with Crippen LogP contribution in [0.3, 0.4) is 0 Å². The minimum atomic E-state index is -0.757. The average Bonchev–Trinajstić information content (AvgIpc) is 2.88. The number of carboxylic acid groups (broad SMARTS) is 1. The van der Waals surface area contributed by atoms with E-state index in [0.717, 1.165) is 6.54 Å². The fourth-order valence-electron chi connectivity index (χ4n) is 2.22. The summed E-state index contributed by atoms with van der Waals surface area (Å²) in [5.41, 5.74) is -0.00499. The molecule has 1 N–H and O–H groups in total. The predicted octanol–water partition coefficient (Wildman–Crippen LogP) is 1.38. The van der Waals surface area contributed by atoms with Crippen LogP contribution >= 0.6 is 0 Å². The lowest BCUT2D eigenvalue weighted by Gasteiger charge is -2.15. The van der Waals surface area contributed by atoms with Crippen LogP contribution in [0.5, 0.6) is 5.75 Å². The van der Waals surface area contributed by atoms with E-state index in [1.807, 2.05) is 4.90 Å². The van der Waals surface area contributed by atoms with Gasteiger partial charge in [-0.2, -0.15) is 0 Å². The van der Waals surface area contributed by atoms with E-state index in [1.165, 1.54) is 12.1 Å². The molecule has 1 aromatic carbocycles. The van der Waals surface area contributed by atoms with Gasteiger partial charge in [-0.1, -0.05) is 6.07 Å². The van der Waals surface area contributed by atoms with E-state index in [2.05, 4.69) is 0 Å². The van der Waals surface area contributed by atoms with Crippen molar-refractivity contribution in [1.29, 1.82) is 0 Å². The highest BCUT2D eigenvalue weighted by Crippen LogP contribution is 2.20. The third kappa shape index (κ3) is 3.67. The van der Waals surface area contributed by atoms with Gasteiger partial charge < -0.3 is 9.84 Å². The first kappa shape index (κ1) is 14.3. The number of carbonyl (C=O) groups is 1. The second-order valence-electron chi connectivity index (χ2n) is 4.73. The largest absolute Gasteiger partial charge is 0.492 e. The average molecular weight is 280 g/mol. The number of rotatable bonds is 6. The SMILES string of the molecule is O=C(O)C1CCN(CCOc2cccc([N+](=O)[O-])c2)C1. The number of aliphatic carboxylic acids is 1. The zero-order valence-electron chi connectivity index (χ0n) is 10.9. The van der Waals surface area contributed by atoms with Gasteiger partial charge in [0.15, 0.2) is 0 Å². The number of carboxylic acids is 1. The van der Waals surface area contributed by atoms with Gasteiger partial charge in [-0.25, -0.2) is 0 Å². The quantitative estimate of drug-likeness (QED) is 0.625. The predicted molar refractivity (Wildman–Crippen MR) is 70.8 cm³/mol. The minimum absolute atomic E-state index is 0.00499. The van der Waals surface area contributed by atoms with Gasteiger partial charge >= 0.3 is 5.97 Å². The Hall–Kier alpha value is -2.15. The topological polar surface area (TPSA) is 92.9 Å². The summed E-state index contributed by atoms with van der Waals surface area (Å²) in [7, 11) is 0. The van der Waals surface area contributed by atoms with Crippen LogP contribution in [0.15, 0.2) is 24.3 Å². The second-order valence-corrected chi connectivity index (χ2v) is 4.73. The molecule has 7 heteroatoms. The maximum absolute atomic E-state index is 10.8. The van der Waals surface area contributed by atoms with Crippen LogP contribution in [-0.4, -0.2) is 47.1 Å². The van der Waals surface area contributed by atoms with Crippen molar-refractivity contribution in [1.82, 2.24) is 4.90 Å². The van der Waals surface area contributed by atoms with Crippen LogP contribution in [0.2, 0.25) is 0 Å². The van der Waals surface area contributed by atoms with Crippen LogP contribution in [0, 0.1) is 16.0 Å². The van der Waals surface area contributed by atoms with E-state index >= 15 is 0 Å². The summed E-state index contributed by atoms with van der Waals surface area (Å²) in [6.45, 7) is 2.28. The van der Waals surface area contributed by atoms with E-state index in [9.17, 15) is 14.9 Å². The van der Waals surface area contributed by atoms with E-state index in [1.54, 1.807) is 12.1 Å². The summed E-state index contributed by atoms with van der Waals surface area (Å²) in [5, 5.41) is 19.5. The van der Waals surface area contributed by atoms with Crippen molar-refractivity contribution >= 4 is 11.7 Å². The monoisotopic (exact) mass is 280 g/mol. The molecule has 0 aliphatic carbocycles. The van der Waals surface area contributed by atoms with Crippen molar-refractivity contribution in [2.24, 2.45) is 5.92 Å². The van der Waals surface area contributed by atoms with Crippen molar-refractivity contribution in [3.05, 3.63) is 34.4 Å². The molecule has 1 heterocycles. The first-order chi connectivity index (χ1) is 9.56. The fourth-order valence-corrected chi connectivity index (χ4v) is 2.22. The molecule has 1 aliphatic heterocycles. The molecule has 1 atom stereocenters. The summed E-state index contributed by atoms with van der Waals surface area (Å²) < 4.78 is 5.46. The van der Waals surface area contributed by atoms with Gasteiger partial charge in [0.1, 0.15) is 12.4 Å². The molecule has 0 aromatic heterocycles. The summed E-state index contributed by atoms with van der Waals surface area (Å²) in [6, 6.07) is 6.02. The molecule has 0 spiro atoms. The number of non-ortho nitro benzene ring substituents is 1. The highest BCUT2D eigenvalue weighted by Gasteiger charge is 2.27. The van der Waals surface area contributed by atoms with E-state index in [-0.39, 0.29) is 11.6 Å². The molecule has 0 amide bonds. The Bertz CT molecular complexity index is 505. The van der Waals surface area contributed by atoms with Gasteiger partial charge in [-0.3, -0.25) is 19.8 Å². The molecular weight excluding hydrogens is 264 g/mol. The summed E-state index contributed by atoms with van der Waals surface area (Å²) in [6.07, 6.45) is 0.659. The van der Waals surface area contributed by atoms with Crippen LogP contribution in [0.25, 0.3) is 0 Å². The second kappa shape index (κ2) is 6.33. The number of hydrogen-bond donors (Lipinski definition) is 1. The van der Waals surface area contributed by atoms with Crippen LogP contribution in [-0.2, 0) is 4.79 Å². The molecule has 1 aromatic rings. The molecule has 1 unspecified atom stereocenters. The van der Waals surface area contributed by atoms with Crippen molar-refractivity contribution in [2.75, 3.05) is 26.2 Å². The highest BCUT2D eigenvalue weighted by atomic mass is 16.6. The molecule has 1 aliphatic rings. The maximum Gasteiger partial charge on any atom is 0.307 e. The standard InChI is InChI=1S/C13H16N2O5/c16-13(17)10-4-5-14(9-10)6-7-20-12-3-1-2-11(8-12)15(18)19/h1-3,8,10H,4-7,9H2,(H,16,17). The van der Waals surface area contributed by atoms with Crippen molar-refractivity contribution in [3.8, 4) is 5.75 Å². The van der Waals surface area contributed by atoms with Crippen LogP contribution < -0.4 is 4.74 Å². The number of ether oxygens (including phenoxy) is 1. The van der Waals surface area contributed by atoms with Crippen LogP contribution in [0.1, 0.15) is 6.42 Å². The summed E-state index contributed by atoms with van der Waals surface area (Å²) in [4.78, 5) is 23.0. The number of benzene rings is 1. The van der Waals surface area contributed by atoms with Gasteiger partial charge in [-0.15, -0.1) is 0 Å². The Kier molecular flexibility index (Phi) is 4.52. The van der Waals surface area contributed by atoms with E-state index in [4.69, 9.17) is 9.84 Å². The Morgan fingerprint density at radius 2 is 2.35 bits per heavy atom. The molecule has 2 rings (SSSR count). The van der Waals surface area contributed by atoms with Gasteiger partial charge in [0.05, 0.1) is 16.9 Å². The maximum atomic E-state index is 10.8. The van der Waals surface area contributed by atoms with Gasteiger partial charge in [-0.05, 0) is 19.0 Å². The molecule has 20 heavy (non-hydrogen) atoms. The molecular formula is C13H16N2O5. The van der Waals surface area contributed by atoms with E-state index < -0.39 is 10.9 Å². The number of nitro benzene ring substituents is 1. The lowest BCUT2D eigenvalue weighted by Crippen LogP contribution is -2.27. The first-order valence-corrected chi connectivity index (χ1v) is 6.38. The molecule has 0 saturated carbocycles. The van der Waals surface area contributed by atoms with Gasteiger partial charge in [0.25, 0.3) is 5.69 Å². The lowest BCUT2D eigenvalue weighted by atomic mass is 10.1. The Labute approximate surface area is 115 Å². The molecule has 7 nitrogen and oxygen atoms in total. The first-order valence-electron chi connectivity index (χ1n) is 6.38. The summed E-state index contributed by atoms with van der Waals surface area (Å²) in [5.74, 6) is -0.604. The fraction of sp³-hybridized carbons (Fsp3) is 0.462. The summed E-state index contributed by atoms with van der Waals surface area (Å²) >= 11 is 0. The number of likely N-dealkylation sites (tertiary alicyclic amines) is 1. The van der Waals surface area contributed by atoms with Gasteiger partial charge in [0.2, 0.25) is 0 Å². The molecule has 0 bridgehead atoms. The molecule has 0 radical (unpaired) electrons. The van der Waals surface area contributed by atoms with Crippen LogP contribution in [0.4, 0.5) is 5.69 Å². The van der Waals surface area contributed by atoms with E-state index in [0.29, 0.717) is 31.9 Å². The van der Waals surface area contributed by atoms with Gasteiger partial charge in [0, 0.05) is 19.2 Å². The zero-order chi connectivity index (χ0) is 14.5. The van der Waals surface area contributed by atoms with Crippen molar-refractivity contribution in [2.45, 2.75) is 6.42 Å². The minimum Gasteiger partial charge on any atom is -0.492 e. The van der Waals surface area contributed by atoms with Crippen molar-refractivity contribution in [3.63, 3.8) is 0 Å². The lowest BCUT2D eigenvalue weighted by molar-refractivity contribution is -0.384. The third-order valence-corrected chi connectivity index (χ3v) is 3.33. The normalized spacial score (nSPS) is 18.9. The highest BCUT2D eigenvalue weighted by molar-refractivity contribution is 5.70. The number of nitro groups is 1. The van der Waals surface area contributed by atoms with Crippen molar-refractivity contribution < 1.29 is 19.6 Å². The molecule has 1 fully saturated rings. The number of hydrogen-bond acceptors (Lipinski definition) is 5. The Morgan fingerprint density at radius 1 is 1.55 bits per heavy atom. The third-order valence-electron chi connectivity index (χ3n) is 3.33. The zero-order valence-corrected chi connectivity index (χ0v) is 10.9. The molecule has 108 valence electrons.